The summed E-state index contributed by atoms with van der Waals surface area (Å²) in [5, 5.41) is 3.40. The van der Waals surface area contributed by atoms with Gasteiger partial charge >= 0.3 is 0 Å². The summed E-state index contributed by atoms with van der Waals surface area (Å²) in [7, 11) is 3.86. The predicted molar refractivity (Wildman–Crippen MR) is 68.8 cm³/mol. The number of likely N-dealkylation sites (tertiary alicyclic amines) is 1. The lowest BCUT2D eigenvalue weighted by molar-refractivity contribution is 0.0626. The van der Waals surface area contributed by atoms with Gasteiger partial charge in [-0.05, 0) is 46.7 Å². The minimum Gasteiger partial charge on any atom is -0.385 e. The van der Waals surface area contributed by atoms with E-state index in [1.54, 1.807) is 7.11 Å². The van der Waals surface area contributed by atoms with Crippen LogP contribution in [0.1, 0.15) is 39.5 Å². The van der Waals surface area contributed by atoms with Gasteiger partial charge in [0.25, 0.3) is 0 Å². The van der Waals surface area contributed by atoms with Gasteiger partial charge < -0.3 is 10.1 Å². The fraction of sp³-hybridized carbons (Fsp3) is 1.00. The summed E-state index contributed by atoms with van der Waals surface area (Å²) in [6.07, 6.45) is 5.21. The normalized spacial score (nSPS) is 26.6. The molecule has 3 unspecified atom stereocenters. The van der Waals surface area contributed by atoms with Crippen LogP contribution in [0.25, 0.3) is 0 Å². The molecule has 0 spiro atoms. The maximum absolute atomic E-state index is 5.18. The Morgan fingerprint density at radius 2 is 2.12 bits per heavy atom. The fourth-order valence-corrected chi connectivity index (χ4v) is 2.71. The van der Waals surface area contributed by atoms with Gasteiger partial charge in [0.15, 0.2) is 0 Å². The van der Waals surface area contributed by atoms with Gasteiger partial charge in [-0.1, -0.05) is 6.42 Å². The summed E-state index contributed by atoms with van der Waals surface area (Å²) in [4.78, 5) is 2.67. The molecule has 0 amide bonds. The Balaban J connectivity index is 2.51. The van der Waals surface area contributed by atoms with Crippen LogP contribution in [0.5, 0.6) is 0 Å². The summed E-state index contributed by atoms with van der Waals surface area (Å²) >= 11 is 0. The van der Waals surface area contributed by atoms with Crippen LogP contribution in [0.15, 0.2) is 0 Å². The van der Waals surface area contributed by atoms with Gasteiger partial charge in [0.2, 0.25) is 0 Å². The van der Waals surface area contributed by atoms with Crippen molar-refractivity contribution in [1.82, 2.24) is 10.2 Å². The molecular formula is C13H28N2O. The maximum Gasteiger partial charge on any atom is 0.0477 e. The first-order chi connectivity index (χ1) is 7.70. The first-order valence-corrected chi connectivity index (χ1v) is 6.62. The molecule has 0 radical (unpaired) electrons. The first-order valence-electron chi connectivity index (χ1n) is 6.62. The highest BCUT2D eigenvalue weighted by molar-refractivity contribution is 4.87. The number of rotatable bonds is 6. The van der Waals surface area contributed by atoms with Gasteiger partial charge in [0.05, 0.1) is 0 Å². The molecule has 0 aromatic carbocycles. The van der Waals surface area contributed by atoms with Crippen LogP contribution >= 0.6 is 0 Å². The third-order valence-corrected chi connectivity index (χ3v) is 3.93. The van der Waals surface area contributed by atoms with E-state index >= 15 is 0 Å². The minimum absolute atomic E-state index is 0.588. The Kier molecular flexibility index (Phi) is 6.32. The summed E-state index contributed by atoms with van der Waals surface area (Å²) in [6, 6.07) is 1.93. The van der Waals surface area contributed by atoms with Crippen molar-refractivity contribution < 1.29 is 4.74 Å². The number of methoxy groups -OCH3 is 1. The van der Waals surface area contributed by atoms with E-state index in [-0.39, 0.29) is 0 Å². The predicted octanol–water partition coefficient (Wildman–Crippen LogP) is 1.87. The van der Waals surface area contributed by atoms with Crippen LogP contribution in [0.4, 0.5) is 0 Å². The number of likely N-dealkylation sites (N-methyl/N-ethyl adjacent to an activating group) is 1. The molecule has 1 rings (SSSR count). The second kappa shape index (κ2) is 7.25. The second-order valence-corrected chi connectivity index (χ2v) is 5.01. The first kappa shape index (κ1) is 13.9. The number of hydrogen-bond donors (Lipinski definition) is 1. The van der Waals surface area contributed by atoms with Gasteiger partial charge in [-0.25, -0.2) is 0 Å². The van der Waals surface area contributed by atoms with Crippen LogP contribution < -0.4 is 5.32 Å². The molecule has 1 saturated heterocycles. The Labute approximate surface area is 101 Å². The molecule has 3 heteroatoms. The van der Waals surface area contributed by atoms with Crippen molar-refractivity contribution in [2.75, 3.05) is 27.3 Å². The standard InChI is InChI=1S/C13H28N2O/c1-11(8-10-16-4)15-9-6-5-7-13(15)12(2)14-3/h11-14H,5-10H2,1-4H3. The average Bonchev–Trinajstić information content (AvgIpc) is 2.35. The number of nitrogens with zero attached hydrogens (tertiary/aromatic N) is 1. The summed E-state index contributed by atoms with van der Waals surface area (Å²) in [6.45, 7) is 6.76. The molecule has 0 bridgehead atoms. The third kappa shape index (κ3) is 3.72. The van der Waals surface area contributed by atoms with Crippen LogP contribution in [-0.2, 0) is 4.74 Å². The number of ether oxygens (including phenoxy) is 1. The van der Waals surface area contributed by atoms with E-state index in [4.69, 9.17) is 4.74 Å². The number of hydrogen-bond acceptors (Lipinski definition) is 3. The van der Waals surface area contributed by atoms with E-state index < -0.39 is 0 Å². The van der Waals surface area contributed by atoms with Crippen molar-refractivity contribution in [1.29, 1.82) is 0 Å². The maximum atomic E-state index is 5.18. The lowest BCUT2D eigenvalue weighted by Gasteiger charge is -2.42. The zero-order valence-electron chi connectivity index (χ0n) is 11.3. The molecule has 0 aromatic rings. The highest BCUT2D eigenvalue weighted by Crippen LogP contribution is 2.23. The molecule has 0 aromatic heterocycles. The number of piperidine rings is 1. The Morgan fingerprint density at radius 1 is 1.38 bits per heavy atom. The number of nitrogens with one attached hydrogen (secondary N) is 1. The molecule has 1 aliphatic heterocycles. The molecule has 3 nitrogen and oxygen atoms in total. The highest BCUT2D eigenvalue weighted by Gasteiger charge is 2.29. The SMILES string of the molecule is CNC(C)C1CCCCN1C(C)CCOC. The third-order valence-electron chi connectivity index (χ3n) is 3.93. The molecule has 1 fully saturated rings. The van der Waals surface area contributed by atoms with Gasteiger partial charge in [0, 0.05) is 31.8 Å². The highest BCUT2D eigenvalue weighted by atomic mass is 16.5. The molecule has 96 valence electrons. The van der Waals surface area contributed by atoms with Crippen LogP contribution in [0.3, 0.4) is 0 Å². The van der Waals surface area contributed by atoms with Crippen molar-refractivity contribution in [2.45, 2.75) is 57.7 Å². The van der Waals surface area contributed by atoms with Crippen molar-refractivity contribution in [2.24, 2.45) is 0 Å². The van der Waals surface area contributed by atoms with E-state index in [1.807, 2.05) is 0 Å². The second-order valence-electron chi connectivity index (χ2n) is 5.01. The Hall–Kier alpha value is -0.120. The quantitative estimate of drug-likeness (QED) is 0.751. The summed E-state index contributed by atoms with van der Waals surface area (Å²) < 4.78 is 5.18. The smallest absolute Gasteiger partial charge is 0.0477 e. The van der Waals surface area contributed by atoms with Gasteiger partial charge in [-0.3, -0.25) is 4.90 Å². The molecular weight excluding hydrogens is 200 g/mol. The van der Waals surface area contributed by atoms with Crippen molar-refractivity contribution >= 4 is 0 Å². The lowest BCUT2D eigenvalue weighted by atomic mass is 9.94. The van der Waals surface area contributed by atoms with Crippen molar-refractivity contribution in [3.8, 4) is 0 Å². The van der Waals surface area contributed by atoms with Crippen LogP contribution in [0, 0.1) is 0 Å². The summed E-state index contributed by atoms with van der Waals surface area (Å²) in [5.74, 6) is 0. The summed E-state index contributed by atoms with van der Waals surface area (Å²) in [5.41, 5.74) is 0. The van der Waals surface area contributed by atoms with Gasteiger partial charge in [0.1, 0.15) is 0 Å². The zero-order chi connectivity index (χ0) is 12.0. The van der Waals surface area contributed by atoms with Crippen molar-refractivity contribution in [3.05, 3.63) is 0 Å². The topological polar surface area (TPSA) is 24.5 Å². The van der Waals surface area contributed by atoms with Crippen LogP contribution in [0.2, 0.25) is 0 Å². The van der Waals surface area contributed by atoms with E-state index in [1.165, 1.54) is 25.8 Å². The monoisotopic (exact) mass is 228 g/mol. The average molecular weight is 228 g/mol. The minimum atomic E-state index is 0.588. The van der Waals surface area contributed by atoms with E-state index in [0.29, 0.717) is 18.1 Å². The molecule has 16 heavy (non-hydrogen) atoms. The molecule has 0 saturated carbocycles. The van der Waals surface area contributed by atoms with E-state index in [2.05, 4.69) is 31.1 Å². The lowest BCUT2D eigenvalue weighted by Crippen LogP contribution is -2.53. The molecule has 0 aliphatic carbocycles. The molecule has 1 aliphatic rings. The zero-order valence-corrected chi connectivity index (χ0v) is 11.3. The Bertz CT molecular complexity index is 187. The van der Waals surface area contributed by atoms with E-state index in [9.17, 15) is 0 Å². The largest absolute Gasteiger partial charge is 0.385 e. The fourth-order valence-electron chi connectivity index (χ4n) is 2.71. The van der Waals surface area contributed by atoms with Crippen LogP contribution in [-0.4, -0.2) is 50.3 Å². The molecule has 1 N–H and O–H groups in total. The van der Waals surface area contributed by atoms with E-state index in [0.717, 1.165) is 13.0 Å². The molecule has 3 atom stereocenters. The van der Waals surface area contributed by atoms with Crippen molar-refractivity contribution in [3.63, 3.8) is 0 Å². The Morgan fingerprint density at radius 3 is 2.75 bits per heavy atom. The van der Waals surface area contributed by atoms with Gasteiger partial charge in [-0.15, -0.1) is 0 Å². The molecule has 1 heterocycles. The van der Waals surface area contributed by atoms with Gasteiger partial charge in [-0.2, -0.15) is 0 Å².